The molecule has 0 spiro atoms. The number of nitro groups is 1. The molecule has 0 aliphatic rings. The van der Waals surface area contributed by atoms with E-state index >= 15 is 0 Å². The molecule has 74 valence electrons. The van der Waals surface area contributed by atoms with Crippen molar-refractivity contribution in [1.29, 1.82) is 0 Å². The van der Waals surface area contributed by atoms with Gasteiger partial charge in [0.25, 0.3) is 5.69 Å². The van der Waals surface area contributed by atoms with Gasteiger partial charge in [0.1, 0.15) is 0 Å². The summed E-state index contributed by atoms with van der Waals surface area (Å²) in [7, 11) is 1.46. The van der Waals surface area contributed by atoms with E-state index < -0.39 is 4.92 Å². The molecule has 5 heteroatoms. The van der Waals surface area contributed by atoms with Gasteiger partial charge in [0, 0.05) is 6.07 Å². The zero-order chi connectivity index (χ0) is 10.6. The Morgan fingerprint density at radius 2 is 2.21 bits per heavy atom. The van der Waals surface area contributed by atoms with Crippen molar-refractivity contribution in [1.82, 2.24) is 0 Å². The summed E-state index contributed by atoms with van der Waals surface area (Å²) < 4.78 is 9.89. The lowest BCUT2D eigenvalue weighted by Crippen LogP contribution is -1.92. The minimum atomic E-state index is -0.505. The summed E-state index contributed by atoms with van der Waals surface area (Å²) in [5.74, 6) is 0.701. The summed E-state index contributed by atoms with van der Waals surface area (Å²) in [5.41, 5.74) is -0.0531. The monoisotopic (exact) mass is 195 g/mol. The molecule has 0 saturated heterocycles. The Labute approximate surface area is 80.7 Å². The molecule has 0 fully saturated rings. The van der Waals surface area contributed by atoms with Gasteiger partial charge in [-0.3, -0.25) is 10.1 Å². The van der Waals surface area contributed by atoms with Gasteiger partial charge in [0.15, 0.2) is 11.5 Å². The molecule has 0 bridgehead atoms. The number of rotatable bonds is 4. The lowest BCUT2D eigenvalue weighted by Gasteiger charge is -2.05. The van der Waals surface area contributed by atoms with Gasteiger partial charge in [0.05, 0.1) is 24.4 Å². The van der Waals surface area contributed by atoms with Crippen molar-refractivity contribution in [3.8, 4) is 11.5 Å². The molecule has 0 aliphatic heterocycles. The predicted molar refractivity (Wildman–Crippen MR) is 50.5 cm³/mol. The fourth-order valence-electron chi connectivity index (χ4n) is 0.961. The molecule has 1 aromatic carbocycles. The van der Waals surface area contributed by atoms with Crippen molar-refractivity contribution in [2.24, 2.45) is 0 Å². The average molecular weight is 195 g/mol. The first-order valence-corrected chi connectivity index (χ1v) is 3.79. The first-order chi connectivity index (χ1) is 6.69. The van der Waals surface area contributed by atoms with Gasteiger partial charge in [-0.2, -0.15) is 0 Å². The molecule has 0 amide bonds. The number of benzene rings is 1. The van der Waals surface area contributed by atoms with E-state index in [2.05, 4.69) is 6.58 Å². The Hall–Kier alpha value is -2.04. The lowest BCUT2D eigenvalue weighted by atomic mass is 10.3. The standard InChI is InChI=1S/C9H9NO4/c1-3-14-9-6-7(10(11)12)4-5-8(9)13-2/h3-6H,1H2,2H3. The molecule has 0 heterocycles. The van der Waals surface area contributed by atoms with E-state index in [1.807, 2.05) is 0 Å². The summed E-state index contributed by atoms with van der Waals surface area (Å²) in [6, 6.07) is 4.09. The first-order valence-electron chi connectivity index (χ1n) is 3.79. The molecule has 1 rings (SSSR count). The topological polar surface area (TPSA) is 61.6 Å². The molecule has 0 unspecified atom stereocenters. The van der Waals surface area contributed by atoms with Gasteiger partial charge >= 0.3 is 0 Å². The smallest absolute Gasteiger partial charge is 0.273 e. The zero-order valence-electron chi connectivity index (χ0n) is 7.60. The third kappa shape index (κ3) is 2.01. The third-order valence-corrected chi connectivity index (χ3v) is 1.57. The quantitative estimate of drug-likeness (QED) is 0.419. The molecule has 0 radical (unpaired) electrons. The third-order valence-electron chi connectivity index (χ3n) is 1.57. The van der Waals surface area contributed by atoms with E-state index in [9.17, 15) is 10.1 Å². The van der Waals surface area contributed by atoms with Gasteiger partial charge in [-0.15, -0.1) is 0 Å². The lowest BCUT2D eigenvalue weighted by molar-refractivity contribution is -0.384. The number of ether oxygens (including phenoxy) is 2. The number of nitro benzene ring substituents is 1. The highest BCUT2D eigenvalue weighted by Gasteiger charge is 2.11. The SMILES string of the molecule is C=COc1cc([N+](=O)[O-])ccc1OC. The average Bonchev–Trinajstić information content (AvgIpc) is 2.18. The normalized spacial score (nSPS) is 9.21. The second-order valence-corrected chi connectivity index (χ2v) is 2.38. The van der Waals surface area contributed by atoms with Gasteiger partial charge < -0.3 is 9.47 Å². The maximum atomic E-state index is 10.4. The van der Waals surface area contributed by atoms with Crippen LogP contribution in [-0.4, -0.2) is 12.0 Å². The first kappa shape index (κ1) is 10.0. The largest absolute Gasteiger partial charge is 0.493 e. The summed E-state index contributed by atoms with van der Waals surface area (Å²) in [6.45, 7) is 3.36. The van der Waals surface area contributed by atoms with E-state index in [-0.39, 0.29) is 11.4 Å². The second-order valence-electron chi connectivity index (χ2n) is 2.38. The molecular formula is C9H9NO4. The highest BCUT2D eigenvalue weighted by Crippen LogP contribution is 2.30. The van der Waals surface area contributed by atoms with Crippen molar-refractivity contribution in [2.75, 3.05) is 7.11 Å². The van der Waals surface area contributed by atoms with Crippen molar-refractivity contribution >= 4 is 5.69 Å². The molecule has 5 nitrogen and oxygen atoms in total. The van der Waals surface area contributed by atoms with Crippen molar-refractivity contribution in [3.05, 3.63) is 41.2 Å². The highest BCUT2D eigenvalue weighted by molar-refractivity contribution is 5.48. The molecule has 0 saturated carbocycles. The Morgan fingerprint density at radius 3 is 2.71 bits per heavy atom. The van der Waals surface area contributed by atoms with Crippen molar-refractivity contribution in [3.63, 3.8) is 0 Å². The highest BCUT2D eigenvalue weighted by atomic mass is 16.6. The van der Waals surface area contributed by atoms with Crippen LogP contribution in [-0.2, 0) is 0 Å². The Morgan fingerprint density at radius 1 is 1.50 bits per heavy atom. The fraction of sp³-hybridized carbons (Fsp3) is 0.111. The van der Waals surface area contributed by atoms with Crippen LogP contribution < -0.4 is 9.47 Å². The summed E-state index contributed by atoms with van der Waals surface area (Å²) >= 11 is 0. The van der Waals surface area contributed by atoms with Crippen molar-refractivity contribution < 1.29 is 14.4 Å². The van der Waals surface area contributed by atoms with Crippen LogP contribution in [0.2, 0.25) is 0 Å². The maximum Gasteiger partial charge on any atom is 0.273 e. The zero-order valence-corrected chi connectivity index (χ0v) is 7.60. The fourth-order valence-corrected chi connectivity index (χ4v) is 0.961. The molecule has 0 aromatic heterocycles. The van der Waals surface area contributed by atoms with Gasteiger partial charge in [-0.25, -0.2) is 0 Å². The van der Waals surface area contributed by atoms with E-state index in [1.54, 1.807) is 0 Å². The van der Waals surface area contributed by atoms with Crippen LogP contribution in [0.15, 0.2) is 31.0 Å². The van der Waals surface area contributed by atoms with E-state index in [4.69, 9.17) is 9.47 Å². The number of hydrogen-bond acceptors (Lipinski definition) is 4. The van der Waals surface area contributed by atoms with Crippen molar-refractivity contribution in [2.45, 2.75) is 0 Å². The van der Waals surface area contributed by atoms with Crippen LogP contribution in [0, 0.1) is 10.1 Å². The van der Waals surface area contributed by atoms with Gasteiger partial charge in [-0.1, -0.05) is 6.58 Å². The number of hydrogen-bond donors (Lipinski definition) is 0. The maximum absolute atomic E-state index is 10.4. The Kier molecular flexibility index (Phi) is 3.06. The molecular weight excluding hydrogens is 186 g/mol. The van der Waals surface area contributed by atoms with Crippen LogP contribution >= 0.6 is 0 Å². The van der Waals surface area contributed by atoms with Crippen LogP contribution in [0.4, 0.5) is 5.69 Å². The predicted octanol–water partition coefficient (Wildman–Crippen LogP) is 2.13. The van der Waals surface area contributed by atoms with Crippen LogP contribution in [0.1, 0.15) is 0 Å². The molecule has 1 aromatic rings. The summed E-state index contributed by atoms with van der Waals surface area (Å²) in [5, 5.41) is 10.4. The Bertz CT molecular complexity index is 362. The number of nitrogens with zero attached hydrogens (tertiary/aromatic N) is 1. The molecule has 14 heavy (non-hydrogen) atoms. The number of non-ortho nitro benzene ring substituents is 1. The molecule has 0 N–H and O–H groups in total. The van der Waals surface area contributed by atoms with Crippen LogP contribution in [0.25, 0.3) is 0 Å². The molecule has 0 aliphatic carbocycles. The summed E-state index contributed by atoms with van der Waals surface area (Å²) in [6.07, 6.45) is 1.18. The van der Waals surface area contributed by atoms with Gasteiger partial charge in [-0.05, 0) is 6.07 Å². The van der Waals surface area contributed by atoms with Gasteiger partial charge in [0.2, 0.25) is 0 Å². The summed E-state index contributed by atoms with van der Waals surface area (Å²) in [4.78, 5) is 9.94. The van der Waals surface area contributed by atoms with E-state index in [0.29, 0.717) is 5.75 Å². The van der Waals surface area contributed by atoms with Crippen LogP contribution in [0.5, 0.6) is 11.5 Å². The second kappa shape index (κ2) is 4.27. The molecule has 0 atom stereocenters. The van der Waals surface area contributed by atoms with E-state index in [1.165, 1.54) is 31.6 Å². The Balaban J connectivity index is 3.13. The minimum absolute atomic E-state index is 0.0531. The van der Waals surface area contributed by atoms with Crippen LogP contribution in [0.3, 0.4) is 0 Å². The number of methoxy groups -OCH3 is 1. The van der Waals surface area contributed by atoms with E-state index in [0.717, 1.165) is 0 Å². The minimum Gasteiger partial charge on any atom is -0.493 e.